The molecule has 146 valence electrons. The van der Waals surface area contributed by atoms with E-state index in [9.17, 15) is 18.0 Å². The van der Waals surface area contributed by atoms with E-state index in [2.05, 4.69) is 15.2 Å². The van der Waals surface area contributed by atoms with Crippen LogP contribution in [0.15, 0.2) is 67.0 Å². The zero-order valence-electron chi connectivity index (χ0n) is 14.8. The normalized spacial score (nSPS) is 11.2. The Kier molecular flexibility index (Phi) is 5.98. The molecule has 1 amide bonds. The predicted octanol–water partition coefficient (Wildman–Crippen LogP) is 3.69. The molecule has 1 aromatic heterocycles. The summed E-state index contributed by atoms with van der Waals surface area (Å²) in [5.74, 6) is -0.531. The molecule has 8 heteroatoms. The number of hydrogen-bond donors (Lipinski definition) is 1. The van der Waals surface area contributed by atoms with Gasteiger partial charge >= 0.3 is 6.36 Å². The fraction of sp³-hybridized carbons (Fsp3) is 0.200. The van der Waals surface area contributed by atoms with Crippen molar-refractivity contribution < 1.29 is 22.7 Å². The van der Waals surface area contributed by atoms with Crippen molar-refractivity contribution in [1.29, 1.82) is 0 Å². The predicted molar refractivity (Wildman–Crippen MR) is 96.4 cm³/mol. The third kappa shape index (κ3) is 6.15. The van der Waals surface area contributed by atoms with Gasteiger partial charge in [0.1, 0.15) is 5.75 Å². The van der Waals surface area contributed by atoms with Crippen LogP contribution in [0.3, 0.4) is 0 Å². The molecule has 3 aromatic rings. The van der Waals surface area contributed by atoms with Crippen LogP contribution in [0.25, 0.3) is 0 Å². The molecule has 0 aliphatic rings. The fourth-order valence-electron chi connectivity index (χ4n) is 2.60. The summed E-state index contributed by atoms with van der Waals surface area (Å²) in [7, 11) is 0. The van der Waals surface area contributed by atoms with Gasteiger partial charge in [0.25, 0.3) is 0 Å². The van der Waals surface area contributed by atoms with Crippen molar-refractivity contribution in [2.45, 2.75) is 25.9 Å². The van der Waals surface area contributed by atoms with E-state index in [1.54, 1.807) is 6.20 Å². The summed E-state index contributed by atoms with van der Waals surface area (Å²) < 4.78 is 42.1. The van der Waals surface area contributed by atoms with Gasteiger partial charge in [0, 0.05) is 18.9 Å². The van der Waals surface area contributed by atoms with Crippen LogP contribution in [-0.4, -0.2) is 22.1 Å². The first-order chi connectivity index (χ1) is 13.4. The van der Waals surface area contributed by atoms with E-state index in [4.69, 9.17) is 0 Å². The second-order valence-corrected chi connectivity index (χ2v) is 6.17. The third-order valence-electron chi connectivity index (χ3n) is 3.94. The Labute approximate surface area is 159 Å². The van der Waals surface area contributed by atoms with Crippen LogP contribution in [0.5, 0.6) is 5.75 Å². The number of benzene rings is 2. The monoisotopic (exact) mass is 389 g/mol. The SMILES string of the molecule is O=C(Cc1ccc(OC(F)(F)F)cc1)NCc1ccc(Cn2cccn2)cc1. The summed E-state index contributed by atoms with van der Waals surface area (Å²) in [4.78, 5) is 12.0. The summed E-state index contributed by atoms with van der Waals surface area (Å²) in [6.45, 7) is 1.05. The van der Waals surface area contributed by atoms with Crippen molar-refractivity contribution in [2.24, 2.45) is 0 Å². The number of hydrogen-bond acceptors (Lipinski definition) is 3. The van der Waals surface area contributed by atoms with Gasteiger partial charge in [0.2, 0.25) is 5.91 Å². The largest absolute Gasteiger partial charge is 0.573 e. The lowest BCUT2D eigenvalue weighted by atomic mass is 10.1. The fourth-order valence-corrected chi connectivity index (χ4v) is 2.60. The smallest absolute Gasteiger partial charge is 0.406 e. The Morgan fingerprint density at radius 3 is 2.25 bits per heavy atom. The highest BCUT2D eigenvalue weighted by atomic mass is 19.4. The van der Waals surface area contributed by atoms with Crippen molar-refractivity contribution >= 4 is 5.91 Å². The van der Waals surface area contributed by atoms with Gasteiger partial charge < -0.3 is 10.1 Å². The first kappa shape index (κ1) is 19.5. The summed E-state index contributed by atoms with van der Waals surface area (Å²) in [6, 6.07) is 14.9. The van der Waals surface area contributed by atoms with E-state index in [-0.39, 0.29) is 18.1 Å². The molecule has 0 radical (unpaired) electrons. The van der Waals surface area contributed by atoms with E-state index >= 15 is 0 Å². The maximum atomic E-state index is 12.1. The van der Waals surface area contributed by atoms with Crippen LogP contribution in [-0.2, 0) is 24.3 Å². The topological polar surface area (TPSA) is 56.1 Å². The maximum Gasteiger partial charge on any atom is 0.573 e. The lowest BCUT2D eigenvalue weighted by Gasteiger charge is -2.10. The van der Waals surface area contributed by atoms with Gasteiger partial charge in [-0.2, -0.15) is 5.10 Å². The Morgan fingerprint density at radius 1 is 1.00 bits per heavy atom. The van der Waals surface area contributed by atoms with Crippen LogP contribution in [0.4, 0.5) is 13.2 Å². The standard InChI is InChI=1S/C20H18F3N3O2/c21-20(22,23)28-18-8-6-15(7-9-18)12-19(27)24-13-16-2-4-17(5-3-16)14-26-11-1-10-25-26/h1-11H,12-14H2,(H,24,27). The van der Waals surface area contributed by atoms with Crippen LogP contribution in [0, 0.1) is 0 Å². The Bertz CT molecular complexity index is 890. The van der Waals surface area contributed by atoms with Crippen molar-refractivity contribution in [2.75, 3.05) is 0 Å². The molecule has 0 saturated carbocycles. The van der Waals surface area contributed by atoms with Crippen molar-refractivity contribution in [3.8, 4) is 5.75 Å². The van der Waals surface area contributed by atoms with Crippen LogP contribution < -0.4 is 10.1 Å². The van der Waals surface area contributed by atoms with E-state index < -0.39 is 6.36 Å². The minimum absolute atomic E-state index is 0.0731. The molecule has 28 heavy (non-hydrogen) atoms. The number of nitrogens with one attached hydrogen (secondary N) is 1. The molecule has 0 saturated heterocycles. The van der Waals surface area contributed by atoms with E-state index in [1.165, 1.54) is 24.3 Å². The highest BCUT2D eigenvalue weighted by molar-refractivity contribution is 5.78. The number of nitrogens with zero attached hydrogens (tertiary/aromatic N) is 2. The van der Waals surface area contributed by atoms with E-state index in [1.807, 2.05) is 41.2 Å². The molecule has 0 unspecified atom stereocenters. The molecule has 0 fully saturated rings. The number of alkyl halides is 3. The zero-order chi connectivity index (χ0) is 20.0. The molecule has 0 spiro atoms. The van der Waals surface area contributed by atoms with E-state index in [0.29, 0.717) is 18.7 Å². The van der Waals surface area contributed by atoms with Crippen LogP contribution in [0.1, 0.15) is 16.7 Å². The number of carbonyl (C=O) groups is 1. The van der Waals surface area contributed by atoms with Gasteiger partial charge in [0.15, 0.2) is 0 Å². The molecule has 1 N–H and O–H groups in total. The lowest BCUT2D eigenvalue weighted by molar-refractivity contribution is -0.274. The molecule has 0 aliphatic carbocycles. The summed E-state index contributed by atoms with van der Waals surface area (Å²) in [6.07, 6.45) is -1.05. The Hall–Kier alpha value is -3.29. The number of amides is 1. The minimum Gasteiger partial charge on any atom is -0.406 e. The molecular formula is C20H18F3N3O2. The maximum absolute atomic E-state index is 12.1. The number of halogens is 3. The second-order valence-electron chi connectivity index (χ2n) is 6.17. The van der Waals surface area contributed by atoms with Crippen molar-refractivity contribution in [3.63, 3.8) is 0 Å². The Balaban J connectivity index is 1.46. The van der Waals surface area contributed by atoms with Gasteiger partial charge in [-0.15, -0.1) is 13.2 Å². The molecule has 2 aromatic carbocycles. The third-order valence-corrected chi connectivity index (χ3v) is 3.94. The van der Waals surface area contributed by atoms with E-state index in [0.717, 1.165) is 11.1 Å². The average molecular weight is 389 g/mol. The van der Waals surface area contributed by atoms with Gasteiger partial charge in [-0.05, 0) is 34.9 Å². The molecule has 5 nitrogen and oxygen atoms in total. The van der Waals surface area contributed by atoms with Gasteiger partial charge in [-0.25, -0.2) is 0 Å². The average Bonchev–Trinajstić information content (AvgIpc) is 3.15. The molecule has 0 aliphatic heterocycles. The highest BCUT2D eigenvalue weighted by Crippen LogP contribution is 2.22. The van der Waals surface area contributed by atoms with Gasteiger partial charge in [-0.1, -0.05) is 36.4 Å². The summed E-state index contributed by atoms with van der Waals surface area (Å²) >= 11 is 0. The first-order valence-corrected chi connectivity index (χ1v) is 8.54. The number of rotatable bonds is 7. The van der Waals surface area contributed by atoms with Gasteiger partial charge in [0.05, 0.1) is 13.0 Å². The molecule has 0 bridgehead atoms. The van der Waals surface area contributed by atoms with Crippen molar-refractivity contribution in [1.82, 2.24) is 15.1 Å². The summed E-state index contributed by atoms with van der Waals surface area (Å²) in [5, 5.41) is 6.95. The number of aromatic nitrogens is 2. The zero-order valence-corrected chi connectivity index (χ0v) is 14.8. The van der Waals surface area contributed by atoms with Crippen LogP contribution in [0.2, 0.25) is 0 Å². The molecule has 3 rings (SSSR count). The minimum atomic E-state index is -4.73. The summed E-state index contributed by atoms with van der Waals surface area (Å²) in [5.41, 5.74) is 2.65. The molecule has 1 heterocycles. The highest BCUT2D eigenvalue weighted by Gasteiger charge is 2.30. The second kappa shape index (κ2) is 8.60. The quantitative estimate of drug-likeness (QED) is 0.671. The lowest BCUT2D eigenvalue weighted by Crippen LogP contribution is -2.24. The number of carbonyl (C=O) groups excluding carboxylic acids is 1. The number of ether oxygens (including phenoxy) is 1. The van der Waals surface area contributed by atoms with Crippen molar-refractivity contribution in [3.05, 3.63) is 83.7 Å². The molecule has 0 atom stereocenters. The van der Waals surface area contributed by atoms with Gasteiger partial charge in [-0.3, -0.25) is 9.48 Å². The van der Waals surface area contributed by atoms with Crippen LogP contribution >= 0.6 is 0 Å². The molecular weight excluding hydrogens is 371 g/mol. The first-order valence-electron chi connectivity index (χ1n) is 8.54. The Morgan fingerprint density at radius 2 is 1.64 bits per heavy atom.